The van der Waals surface area contributed by atoms with Crippen LogP contribution < -0.4 is 4.74 Å². The Morgan fingerprint density at radius 2 is 2.25 bits per heavy atom. The molecule has 0 amide bonds. The average Bonchev–Trinajstić information content (AvgIpc) is 2.16. The third-order valence-electron chi connectivity index (χ3n) is 1.89. The van der Waals surface area contributed by atoms with Gasteiger partial charge in [0.05, 0.1) is 24.5 Å². The fourth-order valence-corrected chi connectivity index (χ4v) is 1.21. The van der Waals surface area contributed by atoms with Gasteiger partial charge in [0.25, 0.3) is 5.69 Å². The van der Waals surface area contributed by atoms with Gasteiger partial charge in [0.2, 0.25) is 0 Å². The molecule has 0 fully saturated rings. The van der Waals surface area contributed by atoms with Crippen LogP contribution in [0.3, 0.4) is 0 Å². The lowest BCUT2D eigenvalue weighted by Crippen LogP contribution is -2.05. The van der Waals surface area contributed by atoms with Crippen LogP contribution in [0.4, 0.5) is 10.1 Å². The molecular weight excluding hydrogens is 221 g/mol. The zero-order chi connectivity index (χ0) is 12.3. The number of nitro benzene ring substituents is 1. The molecule has 0 saturated heterocycles. The van der Waals surface area contributed by atoms with Crippen LogP contribution in [0.15, 0.2) is 12.1 Å². The van der Waals surface area contributed by atoms with Gasteiger partial charge in [0.15, 0.2) is 11.6 Å². The van der Waals surface area contributed by atoms with Crippen LogP contribution in [0.25, 0.3) is 0 Å². The Bertz CT molecular complexity index is 446. The van der Waals surface area contributed by atoms with E-state index >= 15 is 0 Å². The van der Waals surface area contributed by atoms with Gasteiger partial charge in [0.1, 0.15) is 0 Å². The van der Waals surface area contributed by atoms with Gasteiger partial charge in [-0.1, -0.05) is 0 Å². The molecule has 86 valence electrons. The van der Waals surface area contributed by atoms with E-state index in [1.54, 1.807) is 0 Å². The topological polar surface area (TPSA) is 89.7 Å². The highest BCUT2D eigenvalue weighted by Gasteiger charge is 2.20. The van der Waals surface area contributed by atoms with E-state index in [9.17, 15) is 19.3 Å². The minimum absolute atomic E-state index is 0.198. The van der Waals surface area contributed by atoms with Crippen LogP contribution in [0.2, 0.25) is 0 Å². The van der Waals surface area contributed by atoms with Crippen molar-refractivity contribution in [2.75, 3.05) is 7.11 Å². The summed E-state index contributed by atoms with van der Waals surface area (Å²) < 4.78 is 17.8. The Kier molecular flexibility index (Phi) is 3.39. The van der Waals surface area contributed by atoms with Crippen LogP contribution in [-0.4, -0.2) is 23.1 Å². The van der Waals surface area contributed by atoms with E-state index in [0.717, 1.165) is 12.1 Å². The van der Waals surface area contributed by atoms with Crippen molar-refractivity contribution in [3.63, 3.8) is 0 Å². The molecular formula is C9H8FNO5. The van der Waals surface area contributed by atoms with E-state index < -0.39 is 28.8 Å². The number of rotatable bonds is 4. The number of nitro groups is 1. The van der Waals surface area contributed by atoms with E-state index in [0.29, 0.717) is 0 Å². The summed E-state index contributed by atoms with van der Waals surface area (Å²) in [6.45, 7) is 0. The second-order valence-electron chi connectivity index (χ2n) is 2.94. The Morgan fingerprint density at radius 3 is 2.69 bits per heavy atom. The molecule has 0 aromatic heterocycles. The van der Waals surface area contributed by atoms with Crippen molar-refractivity contribution in [1.82, 2.24) is 0 Å². The van der Waals surface area contributed by atoms with Crippen LogP contribution in [0.1, 0.15) is 5.56 Å². The third-order valence-corrected chi connectivity index (χ3v) is 1.89. The molecule has 0 aliphatic carbocycles. The number of nitrogens with zero attached hydrogens (tertiary/aromatic N) is 1. The molecule has 16 heavy (non-hydrogen) atoms. The summed E-state index contributed by atoms with van der Waals surface area (Å²) >= 11 is 0. The summed E-state index contributed by atoms with van der Waals surface area (Å²) in [5.74, 6) is -2.39. The maximum absolute atomic E-state index is 13.2. The first kappa shape index (κ1) is 11.9. The van der Waals surface area contributed by atoms with Crippen LogP contribution in [-0.2, 0) is 11.2 Å². The van der Waals surface area contributed by atoms with Gasteiger partial charge in [-0.15, -0.1) is 0 Å². The molecule has 1 rings (SSSR count). The number of halogens is 1. The third kappa shape index (κ3) is 2.44. The second-order valence-corrected chi connectivity index (χ2v) is 2.94. The summed E-state index contributed by atoms with van der Waals surface area (Å²) in [6.07, 6.45) is -0.614. The van der Waals surface area contributed by atoms with E-state index in [-0.39, 0.29) is 11.3 Å². The molecule has 0 radical (unpaired) electrons. The van der Waals surface area contributed by atoms with Crippen molar-refractivity contribution in [3.05, 3.63) is 33.6 Å². The maximum atomic E-state index is 13.2. The Balaban J connectivity index is 3.30. The van der Waals surface area contributed by atoms with Crippen molar-refractivity contribution >= 4 is 11.7 Å². The van der Waals surface area contributed by atoms with Gasteiger partial charge in [-0.05, 0) is 6.07 Å². The normalized spacial score (nSPS) is 9.88. The van der Waals surface area contributed by atoms with Crippen molar-refractivity contribution in [2.45, 2.75) is 6.42 Å². The molecule has 1 aromatic rings. The quantitative estimate of drug-likeness (QED) is 0.622. The highest BCUT2D eigenvalue weighted by molar-refractivity contribution is 5.72. The van der Waals surface area contributed by atoms with Crippen LogP contribution in [0.5, 0.6) is 5.75 Å². The van der Waals surface area contributed by atoms with E-state index in [4.69, 9.17) is 5.11 Å². The number of aliphatic carboxylic acids is 1. The summed E-state index contributed by atoms with van der Waals surface area (Å²) in [4.78, 5) is 20.3. The fourth-order valence-electron chi connectivity index (χ4n) is 1.21. The highest BCUT2D eigenvalue weighted by atomic mass is 19.1. The zero-order valence-electron chi connectivity index (χ0n) is 8.27. The SMILES string of the molecule is COc1cc([N+](=O)[O-])c(CC(=O)O)cc1F. The lowest BCUT2D eigenvalue weighted by atomic mass is 10.1. The lowest BCUT2D eigenvalue weighted by Gasteiger charge is -2.05. The van der Waals surface area contributed by atoms with Gasteiger partial charge >= 0.3 is 5.97 Å². The van der Waals surface area contributed by atoms with Crippen molar-refractivity contribution < 1.29 is 24.0 Å². The van der Waals surface area contributed by atoms with Crippen molar-refractivity contribution in [2.24, 2.45) is 0 Å². The number of benzene rings is 1. The molecule has 0 unspecified atom stereocenters. The number of carboxylic acids is 1. The molecule has 1 aromatic carbocycles. The molecule has 0 saturated carbocycles. The van der Waals surface area contributed by atoms with Crippen LogP contribution >= 0.6 is 0 Å². The molecule has 0 atom stereocenters. The summed E-state index contributed by atoms with van der Waals surface area (Å²) in [7, 11) is 1.17. The van der Waals surface area contributed by atoms with E-state index in [1.165, 1.54) is 7.11 Å². The molecule has 0 heterocycles. The van der Waals surface area contributed by atoms with E-state index in [1.807, 2.05) is 0 Å². The largest absolute Gasteiger partial charge is 0.493 e. The number of hydrogen-bond acceptors (Lipinski definition) is 4. The monoisotopic (exact) mass is 229 g/mol. The summed E-state index contributed by atoms with van der Waals surface area (Å²) in [6, 6.07) is 1.67. The number of carbonyl (C=O) groups is 1. The Hall–Kier alpha value is -2.18. The van der Waals surface area contributed by atoms with Gasteiger partial charge in [-0.2, -0.15) is 0 Å². The van der Waals surface area contributed by atoms with Crippen molar-refractivity contribution in [1.29, 1.82) is 0 Å². The zero-order valence-corrected chi connectivity index (χ0v) is 8.27. The predicted molar refractivity (Wildman–Crippen MR) is 50.9 cm³/mol. The summed E-state index contributed by atoms with van der Waals surface area (Å²) in [5.41, 5.74) is -0.670. The maximum Gasteiger partial charge on any atom is 0.308 e. The van der Waals surface area contributed by atoms with Crippen LogP contribution in [0, 0.1) is 15.9 Å². The number of hydrogen-bond donors (Lipinski definition) is 1. The van der Waals surface area contributed by atoms with Gasteiger partial charge < -0.3 is 9.84 Å². The molecule has 0 bridgehead atoms. The van der Waals surface area contributed by atoms with Gasteiger partial charge in [0, 0.05) is 5.56 Å². The summed E-state index contributed by atoms with van der Waals surface area (Å²) in [5, 5.41) is 19.1. The number of ether oxygens (including phenoxy) is 1. The standard InChI is InChI=1S/C9H8FNO5/c1-16-8-4-7(11(14)15)5(2-6(8)10)3-9(12)13/h2,4H,3H2,1H3,(H,12,13). The molecule has 0 aliphatic rings. The number of carboxylic acid groups (broad SMARTS) is 1. The first-order valence-electron chi connectivity index (χ1n) is 4.18. The molecule has 1 N–H and O–H groups in total. The highest BCUT2D eigenvalue weighted by Crippen LogP contribution is 2.28. The first-order chi connectivity index (χ1) is 7.45. The first-order valence-corrected chi connectivity index (χ1v) is 4.18. The van der Waals surface area contributed by atoms with Gasteiger partial charge in [-0.25, -0.2) is 4.39 Å². The Morgan fingerprint density at radius 1 is 1.62 bits per heavy atom. The molecule has 0 aliphatic heterocycles. The van der Waals surface area contributed by atoms with E-state index in [2.05, 4.69) is 4.74 Å². The minimum Gasteiger partial charge on any atom is -0.493 e. The molecule has 0 spiro atoms. The number of methoxy groups -OCH3 is 1. The predicted octanol–water partition coefficient (Wildman–Crippen LogP) is 1.37. The lowest BCUT2D eigenvalue weighted by molar-refractivity contribution is -0.385. The van der Waals surface area contributed by atoms with Crippen molar-refractivity contribution in [3.8, 4) is 5.75 Å². The molecule has 6 nitrogen and oxygen atoms in total. The molecule has 7 heteroatoms. The second kappa shape index (κ2) is 4.56. The average molecular weight is 229 g/mol. The Labute approximate surface area is 89.4 Å². The van der Waals surface area contributed by atoms with Gasteiger partial charge in [-0.3, -0.25) is 14.9 Å². The minimum atomic E-state index is -1.27. The fraction of sp³-hybridized carbons (Fsp3) is 0.222. The smallest absolute Gasteiger partial charge is 0.308 e.